The van der Waals surface area contributed by atoms with Crippen LogP contribution >= 0.6 is 11.6 Å². The Morgan fingerprint density at radius 1 is 1.12 bits per heavy atom. The van der Waals surface area contributed by atoms with Crippen molar-refractivity contribution in [2.45, 2.75) is 58.5 Å². The summed E-state index contributed by atoms with van der Waals surface area (Å²) in [6.07, 6.45) is 2.54. The Labute approximate surface area is 199 Å². The third-order valence-corrected chi connectivity index (χ3v) is 6.53. The Morgan fingerprint density at radius 3 is 2.52 bits per heavy atom. The zero-order chi connectivity index (χ0) is 24.1. The van der Waals surface area contributed by atoms with Crippen molar-refractivity contribution in [1.82, 2.24) is 5.32 Å². The van der Waals surface area contributed by atoms with E-state index in [0.717, 1.165) is 16.9 Å². The van der Waals surface area contributed by atoms with E-state index in [1.165, 1.54) is 17.3 Å². The fraction of sp³-hybridized carbons (Fsp3) is 0.346. The molecule has 7 heteroatoms. The first-order valence-electron chi connectivity index (χ1n) is 11.1. The lowest BCUT2D eigenvalue weighted by Crippen LogP contribution is -2.54. The van der Waals surface area contributed by atoms with Crippen LogP contribution in [0.4, 0.5) is 16.2 Å². The van der Waals surface area contributed by atoms with Crippen LogP contribution in [0, 0.1) is 0 Å². The van der Waals surface area contributed by atoms with Gasteiger partial charge in [0, 0.05) is 22.3 Å². The molecule has 1 saturated heterocycles. The summed E-state index contributed by atoms with van der Waals surface area (Å²) < 4.78 is 0. The molecule has 4 amide bonds. The van der Waals surface area contributed by atoms with Crippen molar-refractivity contribution in [2.24, 2.45) is 0 Å². The van der Waals surface area contributed by atoms with Crippen LogP contribution in [0.5, 0.6) is 0 Å². The first kappa shape index (κ1) is 23.1. The number of rotatable bonds is 3. The number of carbonyl (C=O) groups is 3. The largest absolute Gasteiger partial charge is 0.364 e. The quantitative estimate of drug-likeness (QED) is 0.479. The number of benzene rings is 2. The van der Waals surface area contributed by atoms with Crippen molar-refractivity contribution < 1.29 is 14.4 Å². The molecule has 2 aliphatic rings. The van der Waals surface area contributed by atoms with Gasteiger partial charge >= 0.3 is 6.03 Å². The minimum Gasteiger partial charge on any atom is -0.364 e. The van der Waals surface area contributed by atoms with Gasteiger partial charge in [0.1, 0.15) is 5.57 Å². The van der Waals surface area contributed by atoms with Gasteiger partial charge in [-0.25, -0.2) is 9.69 Å². The lowest BCUT2D eigenvalue weighted by atomic mass is 9.78. The van der Waals surface area contributed by atoms with Gasteiger partial charge in [0.25, 0.3) is 11.8 Å². The number of imide groups is 2. The van der Waals surface area contributed by atoms with Crippen LogP contribution in [0.1, 0.15) is 58.1 Å². The van der Waals surface area contributed by atoms with E-state index in [2.05, 4.69) is 50.9 Å². The summed E-state index contributed by atoms with van der Waals surface area (Å²) in [5, 5.41) is 2.65. The molecule has 2 heterocycles. The number of hydrogen-bond acceptors (Lipinski definition) is 4. The van der Waals surface area contributed by atoms with E-state index < -0.39 is 17.8 Å². The van der Waals surface area contributed by atoms with E-state index in [-0.39, 0.29) is 11.1 Å². The Morgan fingerprint density at radius 2 is 1.85 bits per heavy atom. The molecule has 1 N–H and O–H groups in total. The van der Waals surface area contributed by atoms with Crippen LogP contribution in [-0.2, 0) is 9.59 Å². The number of halogens is 1. The second-order valence-corrected chi connectivity index (χ2v) is 10.1. The molecule has 2 aliphatic heterocycles. The normalized spacial score (nSPS) is 21.5. The van der Waals surface area contributed by atoms with E-state index in [9.17, 15) is 14.4 Å². The standard InChI is InChI=1S/C26H28ClN3O3/c1-15(2)30-22-10-9-17(11-20(22)16(3)14-26(30,4)5)12-21-23(31)28-25(33)29(24(21)32)19-8-6-7-18(27)13-19/h6-13,15-16H,14H2,1-5H3,(H,28,31,33)/b21-12+. The molecule has 33 heavy (non-hydrogen) atoms. The summed E-state index contributed by atoms with van der Waals surface area (Å²) >= 11 is 6.03. The summed E-state index contributed by atoms with van der Waals surface area (Å²) in [6, 6.07) is 11.9. The van der Waals surface area contributed by atoms with Crippen molar-refractivity contribution in [3.63, 3.8) is 0 Å². The Kier molecular flexibility index (Phi) is 5.83. The summed E-state index contributed by atoms with van der Waals surface area (Å²) in [6.45, 7) is 11.1. The van der Waals surface area contributed by atoms with Crippen molar-refractivity contribution in [3.8, 4) is 0 Å². The zero-order valence-electron chi connectivity index (χ0n) is 19.5. The summed E-state index contributed by atoms with van der Waals surface area (Å²) in [5.41, 5.74) is 3.33. The third kappa shape index (κ3) is 4.15. The van der Waals surface area contributed by atoms with Gasteiger partial charge in [0.15, 0.2) is 0 Å². The molecule has 0 saturated carbocycles. The number of nitrogens with one attached hydrogen (secondary N) is 1. The predicted molar refractivity (Wildman–Crippen MR) is 132 cm³/mol. The first-order chi connectivity index (χ1) is 15.5. The number of carbonyl (C=O) groups excluding carboxylic acids is 3. The fourth-order valence-corrected chi connectivity index (χ4v) is 5.40. The Balaban J connectivity index is 1.74. The minimum absolute atomic E-state index is 0.0254. The Bertz CT molecular complexity index is 1190. The maximum atomic E-state index is 13.2. The van der Waals surface area contributed by atoms with E-state index in [1.807, 2.05) is 12.1 Å². The third-order valence-electron chi connectivity index (χ3n) is 6.30. The van der Waals surface area contributed by atoms with Crippen molar-refractivity contribution in [2.75, 3.05) is 9.80 Å². The van der Waals surface area contributed by atoms with Gasteiger partial charge in [-0.05, 0) is 87.6 Å². The van der Waals surface area contributed by atoms with Gasteiger partial charge in [-0.1, -0.05) is 30.7 Å². The highest BCUT2D eigenvalue weighted by Crippen LogP contribution is 2.44. The maximum absolute atomic E-state index is 13.2. The maximum Gasteiger partial charge on any atom is 0.335 e. The first-order valence-corrected chi connectivity index (χ1v) is 11.5. The van der Waals surface area contributed by atoms with E-state index >= 15 is 0 Å². The average molecular weight is 466 g/mol. The van der Waals surface area contributed by atoms with Crippen LogP contribution in [0.2, 0.25) is 5.02 Å². The van der Waals surface area contributed by atoms with Gasteiger partial charge in [-0.3, -0.25) is 14.9 Å². The summed E-state index contributed by atoms with van der Waals surface area (Å²) in [7, 11) is 0. The summed E-state index contributed by atoms with van der Waals surface area (Å²) in [4.78, 5) is 41.5. The van der Waals surface area contributed by atoms with Crippen molar-refractivity contribution in [1.29, 1.82) is 0 Å². The second-order valence-electron chi connectivity index (χ2n) is 9.64. The molecule has 0 aliphatic carbocycles. The van der Waals surface area contributed by atoms with Crippen LogP contribution < -0.4 is 15.1 Å². The minimum atomic E-state index is -0.793. The SMILES string of the molecule is CC1CC(C)(C)N(C(C)C)c2ccc(/C=C3\C(=O)NC(=O)N(c4cccc(Cl)c4)C3=O)cc21. The lowest BCUT2D eigenvalue weighted by Gasteiger charge is -2.50. The highest BCUT2D eigenvalue weighted by Gasteiger charge is 2.39. The molecule has 2 aromatic rings. The molecule has 0 radical (unpaired) electrons. The van der Waals surface area contributed by atoms with Gasteiger partial charge in [-0.2, -0.15) is 0 Å². The van der Waals surface area contributed by atoms with Gasteiger partial charge in [0.05, 0.1) is 5.69 Å². The average Bonchev–Trinajstić information content (AvgIpc) is 2.70. The number of urea groups is 1. The van der Waals surface area contributed by atoms with Gasteiger partial charge in [0.2, 0.25) is 0 Å². The number of hydrogen-bond donors (Lipinski definition) is 1. The van der Waals surface area contributed by atoms with Crippen LogP contribution in [0.25, 0.3) is 6.08 Å². The van der Waals surface area contributed by atoms with Crippen molar-refractivity contribution >= 4 is 46.9 Å². The van der Waals surface area contributed by atoms with E-state index in [4.69, 9.17) is 11.6 Å². The lowest BCUT2D eigenvalue weighted by molar-refractivity contribution is -0.122. The van der Waals surface area contributed by atoms with Crippen LogP contribution in [-0.4, -0.2) is 29.4 Å². The highest BCUT2D eigenvalue weighted by atomic mass is 35.5. The molecule has 0 bridgehead atoms. The monoisotopic (exact) mass is 465 g/mol. The number of nitrogens with zero attached hydrogens (tertiary/aromatic N) is 2. The molecule has 172 valence electrons. The highest BCUT2D eigenvalue weighted by molar-refractivity contribution is 6.39. The molecule has 1 fully saturated rings. The Hall–Kier alpha value is -3.12. The molecule has 4 rings (SSSR count). The number of fused-ring (bicyclic) bond motifs is 1. The smallest absolute Gasteiger partial charge is 0.335 e. The topological polar surface area (TPSA) is 69.7 Å². The van der Waals surface area contributed by atoms with Gasteiger partial charge < -0.3 is 4.90 Å². The molecule has 2 aromatic carbocycles. The molecular formula is C26H28ClN3O3. The molecule has 1 unspecified atom stereocenters. The van der Waals surface area contributed by atoms with Crippen molar-refractivity contribution in [3.05, 3.63) is 64.2 Å². The van der Waals surface area contributed by atoms with Crippen LogP contribution in [0.3, 0.4) is 0 Å². The van der Waals surface area contributed by atoms with E-state index in [0.29, 0.717) is 22.7 Å². The molecule has 0 spiro atoms. The van der Waals surface area contributed by atoms with Gasteiger partial charge in [-0.15, -0.1) is 0 Å². The number of anilines is 2. The molecular weight excluding hydrogens is 438 g/mol. The number of amides is 4. The predicted octanol–water partition coefficient (Wildman–Crippen LogP) is 5.51. The molecule has 0 aromatic heterocycles. The fourth-order valence-electron chi connectivity index (χ4n) is 5.21. The number of barbiturate groups is 1. The van der Waals surface area contributed by atoms with Crippen LogP contribution in [0.15, 0.2) is 48.0 Å². The molecule has 6 nitrogen and oxygen atoms in total. The molecule has 1 atom stereocenters. The summed E-state index contributed by atoms with van der Waals surface area (Å²) in [5.74, 6) is -1.07. The zero-order valence-corrected chi connectivity index (χ0v) is 20.2. The second kappa shape index (κ2) is 8.34. The van der Waals surface area contributed by atoms with E-state index in [1.54, 1.807) is 24.3 Å².